The minimum Gasteiger partial charge on any atom is -0.298 e. The van der Waals surface area contributed by atoms with Crippen LogP contribution in [0.25, 0.3) is 0 Å². The fraction of sp³-hybridized carbons (Fsp3) is 0.375. The zero-order chi connectivity index (χ0) is 32.2. The standard InChI is InChI=1S/C40H50O3/c1-29(15-12-16-30(2)20-22-35-32(4)37(42)24-26-39(35,6)7)14-10-11-18-34(28-41)19-13-17-31(3)21-23-36-33(5)38(43)25-27-40(36,8)9/h10-23,28H,24-27H2,1-9H3/b11-10+,15-12+,19-13+,22-20+,23-21+,29-14+,30-16-,31-17+,34-18-. The van der Waals surface area contributed by atoms with E-state index in [2.05, 4.69) is 58.9 Å². The van der Waals surface area contributed by atoms with Crippen LogP contribution in [0.4, 0.5) is 0 Å². The molecule has 2 aliphatic rings. The number of carbonyl (C=O) groups excluding carboxylic acids is 3. The van der Waals surface area contributed by atoms with Gasteiger partial charge in [0.05, 0.1) is 0 Å². The Bertz CT molecular complexity index is 1430. The van der Waals surface area contributed by atoms with Crippen LogP contribution >= 0.6 is 0 Å². The van der Waals surface area contributed by atoms with Crippen LogP contribution in [0.3, 0.4) is 0 Å². The summed E-state index contributed by atoms with van der Waals surface area (Å²) >= 11 is 0. The van der Waals surface area contributed by atoms with Crippen molar-refractivity contribution in [2.24, 2.45) is 10.8 Å². The first-order valence-corrected chi connectivity index (χ1v) is 15.2. The maximum atomic E-state index is 12.2. The molecule has 0 N–H and O–H groups in total. The summed E-state index contributed by atoms with van der Waals surface area (Å²) in [6, 6.07) is 0. The smallest absolute Gasteiger partial charge is 0.158 e. The molecule has 0 radical (unpaired) electrons. The fourth-order valence-electron chi connectivity index (χ4n) is 5.28. The molecule has 0 aromatic carbocycles. The van der Waals surface area contributed by atoms with E-state index in [1.54, 1.807) is 12.2 Å². The summed E-state index contributed by atoms with van der Waals surface area (Å²) in [6.07, 6.45) is 31.4. The number of Topliss-reactive ketones (excluding diaryl/α,β-unsaturated/α-hetero) is 2. The van der Waals surface area contributed by atoms with Gasteiger partial charge >= 0.3 is 0 Å². The molecule has 0 bridgehead atoms. The van der Waals surface area contributed by atoms with Gasteiger partial charge < -0.3 is 0 Å². The van der Waals surface area contributed by atoms with E-state index in [1.165, 1.54) is 0 Å². The molecule has 0 aromatic heterocycles. The zero-order valence-electron chi connectivity index (χ0n) is 27.7. The molecule has 2 aliphatic carbocycles. The summed E-state index contributed by atoms with van der Waals surface area (Å²) in [4.78, 5) is 35.8. The van der Waals surface area contributed by atoms with Gasteiger partial charge in [-0.1, -0.05) is 129 Å². The van der Waals surface area contributed by atoms with E-state index in [9.17, 15) is 14.4 Å². The summed E-state index contributed by atoms with van der Waals surface area (Å²) in [5.41, 5.74) is 7.79. The molecule has 228 valence electrons. The molecule has 0 amide bonds. The van der Waals surface area contributed by atoms with Crippen LogP contribution in [0.2, 0.25) is 0 Å². The maximum Gasteiger partial charge on any atom is 0.158 e. The van der Waals surface area contributed by atoms with Gasteiger partial charge in [-0.05, 0) is 80.6 Å². The maximum absolute atomic E-state index is 12.2. The first kappa shape index (κ1) is 35.3. The summed E-state index contributed by atoms with van der Waals surface area (Å²) < 4.78 is 0. The molecule has 0 aliphatic heterocycles. The van der Waals surface area contributed by atoms with Crippen molar-refractivity contribution in [1.29, 1.82) is 0 Å². The van der Waals surface area contributed by atoms with E-state index in [1.807, 2.05) is 76.3 Å². The Morgan fingerprint density at radius 3 is 1.44 bits per heavy atom. The predicted molar refractivity (Wildman–Crippen MR) is 183 cm³/mol. The van der Waals surface area contributed by atoms with Crippen LogP contribution < -0.4 is 0 Å². The lowest BCUT2D eigenvalue weighted by Gasteiger charge is -2.32. The first-order chi connectivity index (χ1) is 20.2. The third-order valence-corrected chi connectivity index (χ3v) is 8.34. The van der Waals surface area contributed by atoms with Gasteiger partial charge in [0, 0.05) is 18.4 Å². The summed E-state index contributed by atoms with van der Waals surface area (Å²) in [6.45, 7) is 18.7. The van der Waals surface area contributed by atoms with Crippen molar-refractivity contribution >= 4 is 17.9 Å². The predicted octanol–water partition coefficient (Wildman–Crippen LogP) is 10.1. The average molecular weight is 579 g/mol. The molecule has 0 unspecified atom stereocenters. The van der Waals surface area contributed by atoms with Gasteiger partial charge in [-0.25, -0.2) is 0 Å². The lowest BCUT2D eigenvalue weighted by molar-refractivity contribution is -0.117. The van der Waals surface area contributed by atoms with E-state index in [4.69, 9.17) is 0 Å². The summed E-state index contributed by atoms with van der Waals surface area (Å²) in [5, 5.41) is 0. The molecular weight excluding hydrogens is 528 g/mol. The number of carbonyl (C=O) groups is 3. The van der Waals surface area contributed by atoms with Crippen LogP contribution in [-0.2, 0) is 14.4 Å². The highest BCUT2D eigenvalue weighted by molar-refractivity contribution is 5.97. The van der Waals surface area contributed by atoms with Gasteiger partial charge in [-0.2, -0.15) is 0 Å². The topological polar surface area (TPSA) is 51.2 Å². The highest BCUT2D eigenvalue weighted by Gasteiger charge is 2.31. The number of hydrogen-bond donors (Lipinski definition) is 0. The number of hydrogen-bond acceptors (Lipinski definition) is 3. The molecule has 0 saturated carbocycles. The molecule has 0 atom stereocenters. The molecule has 3 heteroatoms. The van der Waals surface area contributed by atoms with E-state index in [0.29, 0.717) is 18.4 Å². The lowest BCUT2D eigenvalue weighted by Crippen LogP contribution is -2.24. The number of rotatable bonds is 11. The molecule has 0 heterocycles. The molecule has 2 rings (SSSR count). The second-order valence-corrected chi connectivity index (χ2v) is 13.0. The third-order valence-electron chi connectivity index (χ3n) is 8.34. The molecule has 0 spiro atoms. The first-order valence-electron chi connectivity index (χ1n) is 15.2. The van der Waals surface area contributed by atoms with Crippen molar-refractivity contribution in [1.82, 2.24) is 0 Å². The highest BCUT2D eigenvalue weighted by Crippen LogP contribution is 2.40. The van der Waals surface area contributed by atoms with E-state index < -0.39 is 0 Å². The molecular formula is C40H50O3. The fourth-order valence-corrected chi connectivity index (χ4v) is 5.28. The van der Waals surface area contributed by atoms with Crippen LogP contribution in [-0.4, -0.2) is 17.9 Å². The second kappa shape index (κ2) is 16.1. The van der Waals surface area contributed by atoms with Gasteiger partial charge in [-0.15, -0.1) is 0 Å². The Balaban J connectivity index is 1.98. The minimum atomic E-state index is -0.00710. The monoisotopic (exact) mass is 578 g/mol. The minimum absolute atomic E-state index is 0.00710. The van der Waals surface area contributed by atoms with Crippen molar-refractivity contribution in [2.75, 3.05) is 0 Å². The molecule has 0 fully saturated rings. The van der Waals surface area contributed by atoms with Gasteiger partial charge in [0.15, 0.2) is 11.6 Å². The van der Waals surface area contributed by atoms with Gasteiger partial charge in [0.25, 0.3) is 0 Å². The average Bonchev–Trinajstić information content (AvgIpc) is 2.94. The van der Waals surface area contributed by atoms with Crippen molar-refractivity contribution in [3.63, 3.8) is 0 Å². The number of ketones is 2. The SMILES string of the molecule is CC1=C(/C=C/C(C)=C\C=C\C(C)=C\C=C\C=C(C=O)\C=C\C=C(C)\C=C\C2=C(C)C(=O)CCC2(C)C)C(C)(C)CCC1=O. The van der Waals surface area contributed by atoms with E-state index in [-0.39, 0.29) is 22.4 Å². The Morgan fingerprint density at radius 1 is 0.581 bits per heavy atom. The van der Waals surface area contributed by atoms with Crippen molar-refractivity contribution in [2.45, 2.75) is 88.0 Å². The van der Waals surface area contributed by atoms with Crippen LogP contribution in [0.5, 0.6) is 0 Å². The highest BCUT2D eigenvalue weighted by atomic mass is 16.1. The largest absolute Gasteiger partial charge is 0.298 e. The van der Waals surface area contributed by atoms with Gasteiger partial charge in [0.1, 0.15) is 6.29 Å². The van der Waals surface area contributed by atoms with Gasteiger partial charge in [0.2, 0.25) is 0 Å². The van der Waals surface area contributed by atoms with Crippen molar-refractivity contribution < 1.29 is 14.4 Å². The molecule has 3 nitrogen and oxygen atoms in total. The van der Waals surface area contributed by atoms with Crippen LogP contribution in [0, 0.1) is 10.8 Å². The van der Waals surface area contributed by atoms with Gasteiger partial charge in [-0.3, -0.25) is 14.4 Å². The summed E-state index contributed by atoms with van der Waals surface area (Å²) in [5.74, 6) is 0.487. The Morgan fingerprint density at radius 2 is 0.977 bits per heavy atom. The van der Waals surface area contributed by atoms with Crippen LogP contribution in [0.15, 0.2) is 130 Å². The molecule has 0 aromatic rings. The number of allylic oxidation sites excluding steroid dienone is 22. The van der Waals surface area contributed by atoms with E-state index >= 15 is 0 Å². The van der Waals surface area contributed by atoms with Crippen LogP contribution in [0.1, 0.15) is 88.0 Å². The Labute approximate surface area is 260 Å². The van der Waals surface area contributed by atoms with Crippen molar-refractivity contribution in [3.8, 4) is 0 Å². The summed E-state index contributed by atoms with van der Waals surface area (Å²) in [7, 11) is 0. The molecule has 43 heavy (non-hydrogen) atoms. The lowest BCUT2D eigenvalue weighted by atomic mass is 9.72. The Hall–Kier alpha value is -3.85. The Kier molecular flexibility index (Phi) is 13.3. The van der Waals surface area contributed by atoms with Crippen molar-refractivity contribution in [3.05, 3.63) is 130 Å². The number of aldehydes is 1. The zero-order valence-corrected chi connectivity index (χ0v) is 27.7. The third kappa shape index (κ3) is 11.1. The normalized spacial score (nSPS) is 21.2. The van der Waals surface area contributed by atoms with E-state index in [0.717, 1.165) is 58.1 Å². The second-order valence-electron chi connectivity index (χ2n) is 13.0. The quantitative estimate of drug-likeness (QED) is 0.139. The molecule has 0 saturated heterocycles.